The lowest BCUT2D eigenvalue weighted by atomic mass is 10.0. The number of benzene rings is 2. The first-order valence-electron chi connectivity index (χ1n) is 8.45. The minimum atomic E-state index is -0.444. The van der Waals surface area contributed by atoms with E-state index in [-0.39, 0.29) is 24.1 Å². The highest BCUT2D eigenvalue weighted by atomic mass is 16.6. The summed E-state index contributed by atoms with van der Waals surface area (Å²) in [6, 6.07) is 16.6. The van der Waals surface area contributed by atoms with Crippen molar-refractivity contribution in [3.63, 3.8) is 0 Å². The molecular weight excluding hydrogens is 318 g/mol. The number of hydrogen-bond donors (Lipinski definition) is 1. The van der Waals surface area contributed by atoms with Crippen LogP contribution in [0, 0.1) is 10.1 Å². The number of nitro groups is 1. The minimum Gasteiger partial charge on any atom is -0.369 e. The van der Waals surface area contributed by atoms with E-state index < -0.39 is 4.92 Å². The lowest BCUT2D eigenvalue weighted by Crippen LogP contribution is -2.48. The Balaban J connectivity index is 1.61. The molecule has 0 aromatic heterocycles. The molecule has 6 nitrogen and oxygen atoms in total. The van der Waals surface area contributed by atoms with E-state index in [1.165, 1.54) is 6.07 Å². The number of anilines is 1. The molecule has 0 spiro atoms. The Labute approximate surface area is 146 Å². The molecule has 1 unspecified atom stereocenters. The fraction of sp³-hybridized carbons (Fsp3) is 0.316. The van der Waals surface area contributed by atoms with Crippen LogP contribution in [0.1, 0.15) is 18.4 Å². The van der Waals surface area contributed by atoms with Crippen molar-refractivity contribution in [1.29, 1.82) is 0 Å². The van der Waals surface area contributed by atoms with Gasteiger partial charge in [-0.3, -0.25) is 14.9 Å². The number of para-hydroxylation sites is 2. The third kappa shape index (κ3) is 4.35. The van der Waals surface area contributed by atoms with Crippen LogP contribution in [0.25, 0.3) is 0 Å². The van der Waals surface area contributed by atoms with Crippen LogP contribution in [0.4, 0.5) is 11.4 Å². The number of nitrogens with one attached hydrogen (secondary N) is 1. The van der Waals surface area contributed by atoms with Gasteiger partial charge in [-0.15, -0.1) is 0 Å². The van der Waals surface area contributed by atoms with Crippen LogP contribution in [0.3, 0.4) is 0 Å². The average molecular weight is 339 g/mol. The van der Waals surface area contributed by atoms with Crippen molar-refractivity contribution in [2.45, 2.75) is 25.3 Å². The second-order valence-electron chi connectivity index (χ2n) is 6.25. The summed E-state index contributed by atoms with van der Waals surface area (Å²) < 4.78 is 0. The summed E-state index contributed by atoms with van der Waals surface area (Å²) in [6.07, 6.45) is 1.95. The van der Waals surface area contributed by atoms with Crippen molar-refractivity contribution in [3.05, 3.63) is 70.3 Å². The van der Waals surface area contributed by atoms with Gasteiger partial charge in [0.1, 0.15) is 0 Å². The summed E-state index contributed by atoms with van der Waals surface area (Å²) in [4.78, 5) is 25.2. The zero-order chi connectivity index (χ0) is 17.6. The van der Waals surface area contributed by atoms with Gasteiger partial charge < -0.3 is 10.2 Å². The first kappa shape index (κ1) is 17.0. The number of hydrogen-bond acceptors (Lipinski definition) is 4. The van der Waals surface area contributed by atoms with Gasteiger partial charge in [-0.25, -0.2) is 0 Å². The van der Waals surface area contributed by atoms with Crippen LogP contribution >= 0.6 is 0 Å². The number of nitro benzene ring substituents is 1. The van der Waals surface area contributed by atoms with E-state index in [0.717, 1.165) is 31.6 Å². The van der Waals surface area contributed by atoms with Gasteiger partial charge in [0.2, 0.25) is 5.91 Å². The van der Waals surface area contributed by atoms with E-state index in [1.807, 2.05) is 18.2 Å². The fourth-order valence-electron chi connectivity index (χ4n) is 3.26. The Morgan fingerprint density at radius 3 is 2.64 bits per heavy atom. The number of amides is 1. The first-order valence-corrected chi connectivity index (χ1v) is 8.45. The number of carbonyl (C=O) groups excluding carboxylic acids is 1. The molecule has 2 aromatic rings. The smallest absolute Gasteiger partial charge is 0.273 e. The summed E-state index contributed by atoms with van der Waals surface area (Å²) in [5, 5.41) is 14.1. The van der Waals surface area contributed by atoms with Gasteiger partial charge in [-0.05, 0) is 25.0 Å². The number of nitrogens with zero attached hydrogens (tertiary/aromatic N) is 2. The first-order chi connectivity index (χ1) is 12.1. The lowest BCUT2D eigenvalue weighted by molar-refractivity contribution is -0.385. The molecule has 130 valence electrons. The summed E-state index contributed by atoms with van der Waals surface area (Å²) in [7, 11) is 0. The van der Waals surface area contributed by atoms with Gasteiger partial charge in [0, 0.05) is 36.4 Å². The third-order valence-electron chi connectivity index (χ3n) is 4.45. The van der Waals surface area contributed by atoms with Gasteiger partial charge >= 0.3 is 0 Å². The summed E-state index contributed by atoms with van der Waals surface area (Å²) in [6.45, 7) is 1.73. The van der Waals surface area contributed by atoms with Gasteiger partial charge in [0.05, 0.1) is 11.3 Å². The molecule has 1 aliphatic heterocycles. The predicted octanol–water partition coefficient (Wildman–Crippen LogP) is 2.92. The minimum absolute atomic E-state index is 0.00722. The Morgan fingerprint density at radius 1 is 1.16 bits per heavy atom. The average Bonchev–Trinajstić information content (AvgIpc) is 2.63. The van der Waals surface area contributed by atoms with E-state index >= 15 is 0 Å². The second kappa shape index (κ2) is 7.79. The lowest BCUT2D eigenvalue weighted by Gasteiger charge is -2.34. The predicted molar refractivity (Wildman–Crippen MR) is 96.6 cm³/mol. The van der Waals surface area contributed by atoms with Gasteiger partial charge in [0.25, 0.3) is 5.69 Å². The summed E-state index contributed by atoms with van der Waals surface area (Å²) in [5.74, 6) is -0.172. The molecule has 0 saturated carbocycles. The highest BCUT2D eigenvalue weighted by Crippen LogP contribution is 2.21. The van der Waals surface area contributed by atoms with E-state index in [0.29, 0.717) is 5.56 Å². The van der Waals surface area contributed by atoms with Gasteiger partial charge in [-0.2, -0.15) is 0 Å². The molecule has 3 rings (SSSR count). The largest absolute Gasteiger partial charge is 0.369 e. The topological polar surface area (TPSA) is 75.5 Å². The van der Waals surface area contributed by atoms with Crippen molar-refractivity contribution in [2.24, 2.45) is 0 Å². The molecule has 0 aliphatic carbocycles. The van der Waals surface area contributed by atoms with Crippen LogP contribution in [0.2, 0.25) is 0 Å². The quantitative estimate of drug-likeness (QED) is 0.671. The van der Waals surface area contributed by atoms with Crippen LogP contribution in [-0.2, 0) is 11.2 Å². The molecule has 1 N–H and O–H groups in total. The summed E-state index contributed by atoms with van der Waals surface area (Å²) >= 11 is 0. The van der Waals surface area contributed by atoms with Crippen molar-refractivity contribution in [1.82, 2.24) is 5.32 Å². The van der Waals surface area contributed by atoms with Crippen LogP contribution < -0.4 is 10.2 Å². The maximum absolute atomic E-state index is 12.3. The zero-order valence-electron chi connectivity index (χ0n) is 13.9. The molecule has 1 atom stereocenters. The van der Waals surface area contributed by atoms with E-state index in [1.54, 1.807) is 18.2 Å². The molecule has 0 bridgehead atoms. The molecule has 0 radical (unpaired) electrons. The zero-order valence-corrected chi connectivity index (χ0v) is 13.9. The molecule has 2 aromatic carbocycles. The maximum atomic E-state index is 12.3. The Bertz CT molecular complexity index is 749. The van der Waals surface area contributed by atoms with Crippen molar-refractivity contribution in [2.75, 3.05) is 18.0 Å². The highest BCUT2D eigenvalue weighted by Gasteiger charge is 2.23. The van der Waals surface area contributed by atoms with Crippen LogP contribution in [-0.4, -0.2) is 30.0 Å². The number of carbonyl (C=O) groups is 1. The van der Waals surface area contributed by atoms with Crippen LogP contribution in [0.15, 0.2) is 54.6 Å². The molecule has 1 saturated heterocycles. The van der Waals surface area contributed by atoms with Gasteiger partial charge in [0.15, 0.2) is 0 Å². The Kier molecular flexibility index (Phi) is 5.28. The number of rotatable bonds is 5. The van der Waals surface area contributed by atoms with E-state index in [2.05, 4.69) is 22.3 Å². The van der Waals surface area contributed by atoms with Crippen LogP contribution in [0.5, 0.6) is 0 Å². The third-order valence-corrected chi connectivity index (χ3v) is 4.45. The monoisotopic (exact) mass is 339 g/mol. The molecule has 1 fully saturated rings. The molecule has 1 amide bonds. The van der Waals surface area contributed by atoms with E-state index in [9.17, 15) is 14.9 Å². The van der Waals surface area contributed by atoms with E-state index in [4.69, 9.17) is 0 Å². The Hall–Kier alpha value is -2.89. The highest BCUT2D eigenvalue weighted by molar-refractivity contribution is 5.80. The Morgan fingerprint density at radius 2 is 1.88 bits per heavy atom. The van der Waals surface area contributed by atoms with Crippen molar-refractivity contribution >= 4 is 17.3 Å². The van der Waals surface area contributed by atoms with Crippen molar-refractivity contribution < 1.29 is 9.72 Å². The second-order valence-corrected chi connectivity index (χ2v) is 6.25. The number of piperidine rings is 1. The van der Waals surface area contributed by atoms with Crippen molar-refractivity contribution in [3.8, 4) is 0 Å². The fourth-order valence-corrected chi connectivity index (χ4v) is 3.26. The molecule has 6 heteroatoms. The normalized spacial score (nSPS) is 17.1. The standard InChI is InChI=1S/C19H21N3O3/c23-19(13-15-7-4-5-11-18(15)22(24)25)20-16-8-6-12-21(14-16)17-9-2-1-3-10-17/h1-5,7,9-11,16H,6,8,12-14H2,(H,20,23). The SMILES string of the molecule is O=C(Cc1ccccc1[N+](=O)[O-])NC1CCCN(c2ccccc2)C1. The maximum Gasteiger partial charge on any atom is 0.273 e. The molecule has 1 heterocycles. The molecule has 1 aliphatic rings. The summed E-state index contributed by atoms with van der Waals surface area (Å²) in [5.41, 5.74) is 1.59. The molecular formula is C19H21N3O3. The van der Waals surface area contributed by atoms with Gasteiger partial charge in [-0.1, -0.05) is 36.4 Å². The molecule has 25 heavy (non-hydrogen) atoms.